The highest BCUT2D eigenvalue weighted by Crippen LogP contribution is 2.27. The molecule has 4 aromatic rings. The highest BCUT2D eigenvalue weighted by Gasteiger charge is 2.17. The summed E-state index contributed by atoms with van der Waals surface area (Å²) in [6.07, 6.45) is 0. The molecule has 0 fully saturated rings. The Hall–Kier alpha value is -3.37. The Labute approximate surface area is 199 Å². The van der Waals surface area contributed by atoms with Gasteiger partial charge < -0.3 is 10.4 Å². The molecule has 0 spiro atoms. The Morgan fingerprint density at radius 2 is 1.67 bits per heavy atom. The summed E-state index contributed by atoms with van der Waals surface area (Å²) in [6.45, 7) is 3.89. The van der Waals surface area contributed by atoms with Gasteiger partial charge in [-0.1, -0.05) is 53.9 Å². The highest BCUT2D eigenvalue weighted by atomic mass is 32.2. The molecule has 168 valence electrons. The van der Waals surface area contributed by atoms with E-state index in [0.717, 1.165) is 22.9 Å². The van der Waals surface area contributed by atoms with Gasteiger partial charge in [-0.15, -0.1) is 10.2 Å². The second kappa shape index (κ2) is 10.5. The molecule has 0 atom stereocenters. The number of phenols is 1. The predicted octanol–water partition coefficient (Wildman–Crippen LogP) is 4.40. The van der Waals surface area contributed by atoms with Crippen LogP contribution in [0.5, 0.6) is 5.75 Å². The van der Waals surface area contributed by atoms with Gasteiger partial charge in [0.05, 0.1) is 17.2 Å². The average molecular weight is 479 g/mol. The third kappa shape index (κ3) is 5.91. The summed E-state index contributed by atoms with van der Waals surface area (Å²) in [4.78, 5) is 21.4. The van der Waals surface area contributed by atoms with Gasteiger partial charge in [0.15, 0.2) is 10.3 Å². The molecule has 0 unspecified atom stereocenters. The fraction of sp³-hybridized carbons (Fsp3) is 0.174. The molecular formula is C23H22N6O2S2. The fourth-order valence-corrected chi connectivity index (χ4v) is 4.74. The molecule has 33 heavy (non-hydrogen) atoms. The molecule has 2 aromatic heterocycles. The van der Waals surface area contributed by atoms with E-state index in [2.05, 4.69) is 25.5 Å². The van der Waals surface area contributed by atoms with E-state index in [0.29, 0.717) is 21.8 Å². The predicted molar refractivity (Wildman–Crippen MR) is 130 cm³/mol. The van der Waals surface area contributed by atoms with Crippen molar-refractivity contribution in [3.8, 4) is 11.4 Å². The van der Waals surface area contributed by atoms with E-state index in [9.17, 15) is 9.90 Å². The lowest BCUT2D eigenvalue weighted by atomic mass is 10.3. The molecule has 2 heterocycles. The first-order valence-corrected chi connectivity index (χ1v) is 12.1. The zero-order valence-corrected chi connectivity index (χ0v) is 19.7. The maximum absolute atomic E-state index is 12.4. The zero-order chi connectivity index (χ0) is 23.2. The van der Waals surface area contributed by atoms with Crippen LogP contribution in [0.15, 0.2) is 71.0 Å². The minimum atomic E-state index is -0.247. The number of rotatable bonds is 8. The van der Waals surface area contributed by atoms with Crippen molar-refractivity contribution in [1.29, 1.82) is 0 Å². The van der Waals surface area contributed by atoms with Crippen LogP contribution in [0.1, 0.15) is 17.2 Å². The monoisotopic (exact) mass is 478 g/mol. The van der Waals surface area contributed by atoms with Gasteiger partial charge in [-0.2, -0.15) is 0 Å². The number of carbonyl (C=O) groups excluding carboxylic acids is 1. The topological polar surface area (TPSA) is 106 Å². The van der Waals surface area contributed by atoms with Gasteiger partial charge in [0, 0.05) is 17.1 Å². The first-order valence-electron chi connectivity index (χ1n) is 10.1. The third-order valence-corrected chi connectivity index (χ3v) is 6.29. The molecule has 1 amide bonds. The van der Waals surface area contributed by atoms with Gasteiger partial charge in [-0.25, -0.2) is 9.97 Å². The Kier molecular flexibility index (Phi) is 7.26. The van der Waals surface area contributed by atoms with Crippen molar-refractivity contribution >= 4 is 35.1 Å². The second-order valence-electron chi connectivity index (χ2n) is 7.15. The van der Waals surface area contributed by atoms with E-state index in [1.54, 1.807) is 18.2 Å². The molecule has 2 aromatic carbocycles. The molecule has 0 aliphatic heterocycles. The molecule has 0 saturated heterocycles. The van der Waals surface area contributed by atoms with Crippen LogP contribution >= 0.6 is 23.5 Å². The number of aryl methyl sites for hydroxylation is 2. The summed E-state index contributed by atoms with van der Waals surface area (Å²) < 4.78 is 1.94. The van der Waals surface area contributed by atoms with Crippen molar-refractivity contribution in [1.82, 2.24) is 24.7 Å². The summed E-state index contributed by atoms with van der Waals surface area (Å²) in [5.41, 5.74) is 3.11. The lowest BCUT2D eigenvalue weighted by molar-refractivity contribution is -0.113. The van der Waals surface area contributed by atoms with Crippen LogP contribution in [0.25, 0.3) is 5.69 Å². The number of hydrogen-bond acceptors (Lipinski definition) is 8. The third-order valence-electron chi connectivity index (χ3n) is 4.52. The van der Waals surface area contributed by atoms with Crippen molar-refractivity contribution in [2.75, 3.05) is 11.1 Å². The van der Waals surface area contributed by atoms with Crippen molar-refractivity contribution in [3.63, 3.8) is 0 Å². The summed E-state index contributed by atoms with van der Waals surface area (Å²) in [6, 6.07) is 18.3. The van der Waals surface area contributed by atoms with E-state index in [1.165, 1.54) is 29.6 Å². The van der Waals surface area contributed by atoms with Crippen molar-refractivity contribution in [2.24, 2.45) is 0 Å². The molecule has 10 heteroatoms. The SMILES string of the molecule is Cc1cc(C)nc(SCc2nnc(SCC(=O)Nc3ccccc3O)n2-c2ccccc2)n1. The zero-order valence-electron chi connectivity index (χ0n) is 18.1. The van der Waals surface area contributed by atoms with E-state index >= 15 is 0 Å². The van der Waals surface area contributed by atoms with Gasteiger partial charge in [-0.05, 0) is 44.2 Å². The van der Waals surface area contributed by atoms with Gasteiger partial charge in [-0.3, -0.25) is 9.36 Å². The fourth-order valence-electron chi connectivity index (χ4n) is 3.11. The average Bonchev–Trinajstić information content (AvgIpc) is 3.21. The molecule has 0 aliphatic rings. The first kappa shape index (κ1) is 22.8. The number of aromatic hydroxyl groups is 1. The lowest BCUT2D eigenvalue weighted by Crippen LogP contribution is -2.14. The number of anilines is 1. The Morgan fingerprint density at radius 3 is 2.39 bits per heavy atom. The standard InChI is InChI=1S/C23H22N6O2S2/c1-15-12-16(2)25-22(24-15)32-13-20-27-28-23(29(20)17-8-4-3-5-9-17)33-14-21(31)26-18-10-6-7-11-19(18)30/h3-12,30H,13-14H2,1-2H3,(H,26,31). The summed E-state index contributed by atoms with van der Waals surface area (Å²) in [5.74, 6) is 1.15. The number of phenolic OH excluding ortho intramolecular Hbond substituents is 1. The number of para-hydroxylation sites is 3. The van der Waals surface area contributed by atoms with Gasteiger partial charge in [0.1, 0.15) is 11.6 Å². The Balaban J connectivity index is 1.51. The summed E-state index contributed by atoms with van der Waals surface area (Å²) >= 11 is 2.77. The molecule has 0 saturated carbocycles. The van der Waals surface area contributed by atoms with Crippen LogP contribution in [0.4, 0.5) is 5.69 Å². The van der Waals surface area contributed by atoms with Crippen LogP contribution in [0, 0.1) is 13.8 Å². The van der Waals surface area contributed by atoms with Gasteiger partial charge in [0.2, 0.25) is 5.91 Å². The second-order valence-corrected chi connectivity index (χ2v) is 9.03. The number of nitrogens with one attached hydrogen (secondary N) is 1. The minimum absolute atomic E-state index is 0.0243. The van der Waals surface area contributed by atoms with Crippen LogP contribution in [0.2, 0.25) is 0 Å². The largest absolute Gasteiger partial charge is 0.506 e. The Morgan fingerprint density at radius 1 is 0.970 bits per heavy atom. The molecular weight excluding hydrogens is 456 g/mol. The normalized spacial score (nSPS) is 10.8. The van der Waals surface area contributed by atoms with Crippen LogP contribution in [-0.2, 0) is 10.5 Å². The number of nitrogens with zero attached hydrogens (tertiary/aromatic N) is 5. The van der Waals surface area contributed by atoms with Crippen molar-refractivity contribution < 1.29 is 9.90 Å². The van der Waals surface area contributed by atoms with Crippen LogP contribution < -0.4 is 5.32 Å². The van der Waals surface area contributed by atoms with Crippen molar-refractivity contribution in [3.05, 3.63) is 77.9 Å². The summed E-state index contributed by atoms with van der Waals surface area (Å²) in [5, 5.41) is 22.6. The molecule has 2 N–H and O–H groups in total. The van der Waals surface area contributed by atoms with Crippen LogP contribution in [0.3, 0.4) is 0 Å². The minimum Gasteiger partial charge on any atom is -0.506 e. The van der Waals surface area contributed by atoms with E-state index < -0.39 is 0 Å². The maximum Gasteiger partial charge on any atom is 0.234 e. The number of aromatic nitrogens is 5. The van der Waals surface area contributed by atoms with E-state index in [-0.39, 0.29) is 17.4 Å². The van der Waals surface area contributed by atoms with Gasteiger partial charge >= 0.3 is 0 Å². The number of amides is 1. The maximum atomic E-state index is 12.4. The number of thioether (sulfide) groups is 2. The molecule has 0 radical (unpaired) electrons. The quantitative estimate of drug-likeness (QED) is 0.218. The van der Waals surface area contributed by atoms with Crippen LogP contribution in [-0.4, -0.2) is 41.5 Å². The molecule has 8 nitrogen and oxygen atoms in total. The first-order chi connectivity index (χ1) is 16.0. The van der Waals surface area contributed by atoms with Gasteiger partial charge in [0.25, 0.3) is 0 Å². The Bertz CT molecular complexity index is 1240. The van der Waals surface area contributed by atoms with Crippen molar-refractivity contribution in [2.45, 2.75) is 29.9 Å². The highest BCUT2D eigenvalue weighted by molar-refractivity contribution is 7.99. The molecule has 0 aliphatic carbocycles. The number of benzene rings is 2. The molecule has 4 rings (SSSR count). The summed E-state index contributed by atoms with van der Waals surface area (Å²) in [7, 11) is 0. The molecule has 0 bridgehead atoms. The number of carbonyl (C=O) groups is 1. The lowest BCUT2D eigenvalue weighted by Gasteiger charge is -2.10. The van der Waals surface area contributed by atoms with E-state index in [4.69, 9.17) is 0 Å². The van der Waals surface area contributed by atoms with E-state index in [1.807, 2.05) is 54.8 Å². The number of hydrogen-bond donors (Lipinski definition) is 2. The smallest absolute Gasteiger partial charge is 0.234 e.